The predicted molar refractivity (Wildman–Crippen MR) is 60.4 cm³/mol. The van der Waals surface area contributed by atoms with Gasteiger partial charge < -0.3 is 5.32 Å². The Bertz CT molecular complexity index is 329. The summed E-state index contributed by atoms with van der Waals surface area (Å²) >= 11 is 5.68. The van der Waals surface area contributed by atoms with Gasteiger partial charge in [0, 0.05) is 18.8 Å². The van der Waals surface area contributed by atoms with E-state index in [-0.39, 0.29) is 6.04 Å². The third-order valence-electron chi connectivity index (χ3n) is 2.21. The first-order chi connectivity index (χ1) is 7.26. The van der Waals surface area contributed by atoms with Crippen molar-refractivity contribution in [1.82, 2.24) is 10.3 Å². The third kappa shape index (κ3) is 4.28. The molecular formula is C11H14ClN3. The Hall–Kier alpha value is -1.11. The number of nitrogens with one attached hydrogen (secondary N) is 1. The molecular weight excluding hydrogens is 210 g/mol. The number of aromatic nitrogens is 1. The topological polar surface area (TPSA) is 48.7 Å². The molecule has 0 radical (unpaired) electrons. The van der Waals surface area contributed by atoms with Crippen LogP contribution in [0.1, 0.15) is 25.3 Å². The molecule has 0 amide bonds. The van der Waals surface area contributed by atoms with Crippen molar-refractivity contribution in [3.05, 3.63) is 29.0 Å². The summed E-state index contributed by atoms with van der Waals surface area (Å²) in [7, 11) is 0. The highest BCUT2D eigenvalue weighted by Gasteiger charge is 2.04. The minimum Gasteiger partial charge on any atom is -0.309 e. The Kier molecular flexibility index (Phi) is 5.09. The molecule has 0 aliphatic rings. The zero-order valence-corrected chi connectivity index (χ0v) is 9.46. The summed E-state index contributed by atoms with van der Waals surface area (Å²) in [4.78, 5) is 3.99. The SMILES string of the molecule is CCC(CC#N)NCc1ccc(Cl)nc1. The summed E-state index contributed by atoms with van der Waals surface area (Å²) in [5, 5.41) is 12.4. The Morgan fingerprint density at radius 1 is 1.60 bits per heavy atom. The molecule has 0 spiro atoms. The van der Waals surface area contributed by atoms with E-state index in [2.05, 4.69) is 23.3 Å². The summed E-state index contributed by atoms with van der Waals surface area (Å²) in [5.41, 5.74) is 1.08. The minimum atomic E-state index is 0.255. The maximum atomic E-state index is 8.58. The first kappa shape index (κ1) is 12.0. The molecule has 1 atom stereocenters. The Labute approximate surface area is 95.1 Å². The fourth-order valence-electron chi connectivity index (χ4n) is 1.24. The van der Waals surface area contributed by atoms with Crippen molar-refractivity contribution >= 4 is 11.6 Å². The molecule has 0 saturated heterocycles. The number of nitriles is 1. The average Bonchev–Trinajstić information content (AvgIpc) is 2.26. The quantitative estimate of drug-likeness (QED) is 0.781. The van der Waals surface area contributed by atoms with Crippen molar-refractivity contribution < 1.29 is 0 Å². The van der Waals surface area contributed by atoms with Crippen LogP contribution in [0.4, 0.5) is 0 Å². The average molecular weight is 224 g/mol. The summed E-state index contributed by atoms with van der Waals surface area (Å²) in [6, 6.07) is 6.12. The van der Waals surface area contributed by atoms with Gasteiger partial charge in [-0.15, -0.1) is 0 Å². The summed E-state index contributed by atoms with van der Waals surface area (Å²) in [6.45, 7) is 2.79. The van der Waals surface area contributed by atoms with Crippen LogP contribution in [-0.2, 0) is 6.54 Å². The van der Waals surface area contributed by atoms with Crippen LogP contribution in [0, 0.1) is 11.3 Å². The molecule has 1 aromatic rings. The molecule has 1 heterocycles. The van der Waals surface area contributed by atoms with Crippen LogP contribution in [-0.4, -0.2) is 11.0 Å². The summed E-state index contributed by atoms with van der Waals surface area (Å²) in [6.07, 6.45) is 3.24. The van der Waals surface area contributed by atoms with E-state index in [0.717, 1.165) is 18.5 Å². The van der Waals surface area contributed by atoms with E-state index in [9.17, 15) is 0 Å². The van der Waals surface area contributed by atoms with E-state index in [0.29, 0.717) is 11.6 Å². The second-order valence-electron chi connectivity index (χ2n) is 3.34. The van der Waals surface area contributed by atoms with Crippen LogP contribution in [0.15, 0.2) is 18.3 Å². The molecule has 1 rings (SSSR count). The predicted octanol–water partition coefficient (Wildman–Crippen LogP) is 2.52. The van der Waals surface area contributed by atoms with Crippen LogP contribution in [0.25, 0.3) is 0 Å². The standard InChI is InChI=1S/C11H14ClN3/c1-2-10(5-6-13)14-7-9-3-4-11(12)15-8-9/h3-4,8,10,14H,2,5,7H2,1H3. The number of pyridine rings is 1. The lowest BCUT2D eigenvalue weighted by Gasteiger charge is -2.12. The molecule has 80 valence electrons. The smallest absolute Gasteiger partial charge is 0.129 e. The monoisotopic (exact) mass is 223 g/mol. The minimum absolute atomic E-state index is 0.255. The zero-order chi connectivity index (χ0) is 11.1. The van der Waals surface area contributed by atoms with Crippen LogP contribution < -0.4 is 5.32 Å². The molecule has 1 aromatic heterocycles. The molecule has 1 unspecified atom stereocenters. The Balaban J connectivity index is 2.42. The van der Waals surface area contributed by atoms with Crippen LogP contribution >= 0.6 is 11.6 Å². The summed E-state index contributed by atoms with van der Waals surface area (Å²) in [5.74, 6) is 0. The number of rotatable bonds is 5. The molecule has 1 N–H and O–H groups in total. The van der Waals surface area contributed by atoms with Gasteiger partial charge in [0.05, 0.1) is 12.5 Å². The molecule has 15 heavy (non-hydrogen) atoms. The fraction of sp³-hybridized carbons (Fsp3) is 0.455. The van der Waals surface area contributed by atoms with Crippen molar-refractivity contribution in [3.63, 3.8) is 0 Å². The zero-order valence-electron chi connectivity index (χ0n) is 8.70. The first-order valence-corrected chi connectivity index (χ1v) is 5.34. The van der Waals surface area contributed by atoms with Gasteiger partial charge in [-0.2, -0.15) is 5.26 Å². The van der Waals surface area contributed by atoms with E-state index in [1.54, 1.807) is 12.3 Å². The van der Waals surface area contributed by atoms with Crippen molar-refractivity contribution in [2.24, 2.45) is 0 Å². The van der Waals surface area contributed by atoms with Gasteiger partial charge in [-0.1, -0.05) is 24.6 Å². The Morgan fingerprint density at radius 2 is 2.40 bits per heavy atom. The fourth-order valence-corrected chi connectivity index (χ4v) is 1.36. The van der Waals surface area contributed by atoms with Gasteiger partial charge in [0.1, 0.15) is 5.15 Å². The van der Waals surface area contributed by atoms with Crippen molar-refractivity contribution in [3.8, 4) is 6.07 Å². The number of hydrogen-bond acceptors (Lipinski definition) is 3. The van der Waals surface area contributed by atoms with Gasteiger partial charge >= 0.3 is 0 Å². The lowest BCUT2D eigenvalue weighted by molar-refractivity contribution is 0.504. The molecule has 0 aliphatic heterocycles. The molecule has 4 heteroatoms. The van der Waals surface area contributed by atoms with Crippen LogP contribution in [0.5, 0.6) is 0 Å². The van der Waals surface area contributed by atoms with E-state index in [4.69, 9.17) is 16.9 Å². The van der Waals surface area contributed by atoms with Crippen molar-refractivity contribution in [2.75, 3.05) is 0 Å². The number of nitrogens with zero attached hydrogens (tertiary/aromatic N) is 2. The van der Waals surface area contributed by atoms with E-state index in [1.807, 2.05) is 6.07 Å². The lowest BCUT2D eigenvalue weighted by atomic mass is 10.1. The van der Waals surface area contributed by atoms with Crippen molar-refractivity contribution in [2.45, 2.75) is 32.4 Å². The highest BCUT2D eigenvalue weighted by Crippen LogP contribution is 2.06. The van der Waals surface area contributed by atoms with Gasteiger partial charge in [-0.25, -0.2) is 4.98 Å². The van der Waals surface area contributed by atoms with Crippen molar-refractivity contribution in [1.29, 1.82) is 5.26 Å². The first-order valence-electron chi connectivity index (χ1n) is 4.97. The maximum Gasteiger partial charge on any atom is 0.129 e. The molecule has 0 bridgehead atoms. The largest absolute Gasteiger partial charge is 0.309 e. The van der Waals surface area contributed by atoms with E-state index < -0.39 is 0 Å². The van der Waals surface area contributed by atoms with Gasteiger partial charge in [0.15, 0.2) is 0 Å². The number of hydrogen-bond donors (Lipinski definition) is 1. The van der Waals surface area contributed by atoms with Gasteiger partial charge in [-0.3, -0.25) is 0 Å². The Morgan fingerprint density at radius 3 is 2.93 bits per heavy atom. The second-order valence-corrected chi connectivity index (χ2v) is 3.72. The highest BCUT2D eigenvalue weighted by atomic mass is 35.5. The van der Waals surface area contributed by atoms with E-state index >= 15 is 0 Å². The van der Waals surface area contributed by atoms with Crippen LogP contribution in [0.3, 0.4) is 0 Å². The molecule has 3 nitrogen and oxygen atoms in total. The molecule has 0 fully saturated rings. The third-order valence-corrected chi connectivity index (χ3v) is 2.44. The molecule has 0 saturated carbocycles. The maximum absolute atomic E-state index is 8.58. The van der Waals surface area contributed by atoms with Gasteiger partial charge in [-0.05, 0) is 18.1 Å². The highest BCUT2D eigenvalue weighted by molar-refractivity contribution is 6.29. The summed E-state index contributed by atoms with van der Waals surface area (Å²) < 4.78 is 0. The number of halogens is 1. The van der Waals surface area contributed by atoms with Gasteiger partial charge in [0.25, 0.3) is 0 Å². The van der Waals surface area contributed by atoms with E-state index in [1.165, 1.54) is 0 Å². The molecule has 0 aromatic carbocycles. The van der Waals surface area contributed by atoms with Gasteiger partial charge in [0.2, 0.25) is 0 Å². The normalized spacial score (nSPS) is 12.1. The molecule has 0 aliphatic carbocycles. The second kappa shape index (κ2) is 6.39. The van der Waals surface area contributed by atoms with Crippen LogP contribution in [0.2, 0.25) is 5.15 Å². The lowest BCUT2D eigenvalue weighted by Crippen LogP contribution is -2.27.